The van der Waals surface area contributed by atoms with Crippen LogP contribution in [0.4, 0.5) is 11.4 Å². The average molecular weight is 501 g/mol. The normalized spacial score (nSPS) is 16.9. The van der Waals surface area contributed by atoms with Crippen LogP contribution in [0.15, 0.2) is 96.5 Å². The molecule has 0 saturated carbocycles. The zero-order valence-electron chi connectivity index (χ0n) is 21.5. The van der Waals surface area contributed by atoms with Crippen molar-refractivity contribution in [3.8, 4) is 11.5 Å². The minimum atomic E-state index is -1.18. The first kappa shape index (κ1) is 23.7. The molecule has 2 aliphatic heterocycles. The van der Waals surface area contributed by atoms with Crippen LogP contribution in [0.1, 0.15) is 52.0 Å². The van der Waals surface area contributed by atoms with Gasteiger partial charge in [0.1, 0.15) is 11.5 Å². The molecular weight excluding hydrogens is 472 g/mol. The first-order valence-corrected chi connectivity index (χ1v) is 12.9. The number of esters is 1. The summed E-state index contributed by atoms with van der Waals surface area (Å²) in [5.41, 5.74) is 5.32. The second-order valence-corrected chi connectivity index (χ2v) is 9.31. The third-order valence-corrected chi connectivity index (χ3v) is 7.38. The molecule has 5 nitrogen and oxygen atoms in total. The molecule has 0 aliphatic carbocycles. The SMILES string of the molecule is C=Cc1ccccc1C=Nc1cccc2c1C1(OC(=O)c3ccccc31)c1ccc(N(CC)CC)cc1O2. The van der Waals surface area contributed by atoms with Gasteiger partial charge in [0.05, 0.1) is 16.8 Å². The Morgan fingerprint density at radius 1 is 0.868 bits per heavy atom. The molecule has 0 amide bonds. The van der Waals surface area contributed by atoms with Crippen LogP contribution in [-0.4, -0.2) is 25.3 Å². The monoisotopic (exact) mass is 500 g/mol. The predicted molar refractivity (Wildman–Crippen MR) is 152 cm³/mol. The lowest BCUT2D eigenvalue weighted by Crippen LogP contribution is -2.33. The molecule has 1 atom stereocenters. The van der Waals surface area contributed by atoms with Crippen molar-refractivity contribution in [2.24, 2.45) is 4.99 Å². The lowest BCUT2D eigenvalue weighted by molar-refractivity contribution is 0.0226. The van der Waals surface area contributed by atoms with Gasteiger partial charge >= 0.3 is 5.97 Å². The summed E-state index contributed by atoms with van der Waals surface area (Å²) in [5.74, 6) is 0.929. The van der Waals surface area contributed by atoms with E-state index in [0.29, 0.717) is 28.3 Å². The van der Waals surface area contributed by atoms with Crippen LogP contribution in [0.2, 0.25) is 0 Å². The Hall–Kier alpha value is -4.64. The van der Waals surface area contributed by atoms with Crippen LogP contribution in [0.3, 0.4) is 0 Å². The first-order chi connectivity index (χ1) is 18.6. The molecule has 0 fully saturated rings. The number of carbonyl (C=O) groups is 1. The van der Waals surface area contributed by atoms with Crippen molar-refractivity contribution in [3.63, 3.8) is 0 Å². The first-order valence-electron chi connectivity index (χ1n) is 12.9. The molecule has 0 saturated heterocycles. The van der Waals surface area contributed by atoms with Crippen LogP contribution in [0.25, 0.3) is 6.08 Å². The van der Waals surface area contributed by atoms with Crippen molar-refractivity contribution in [2.45, 2.75) is 19.4 Å². The highest BCUT2D eigenvalue weighted by atomic mass is 16.6. The van der Waals surface area contributed by atoms with Gasteiger partial charge in [0.25, 0.3) is 0 Å². The fraction of sp³-hybridized carbons (Fsp3) is 0.152. The third-order valence-electron chi connectivity index (χ3n) is 7.38. The molecule has 1 spiro atoms. The smallest absolute Gasteiger partial charge is 0.340 e. The lowest BCUT2D eigenvalue weighted by atomic mass is 9.77. The van der Waals surface area contributed by atoms with Crippen molar-refractivity contribution >= 4 is 29.6 Å². The minimum Gasteiger partial charge on any atom is -0.456 e. The summed E-state index contributed by atoms with van der Waals surface area (Å²) in [7, 11) is 0. The molecule has 2 heterocycles. The van der Waals surface area contributed by atoms with Gasteiger partial charge < -0.3 is 14.4 Å². The van der Waals surface area contributed by atoms with Crippen molar-refractivity contribution < 1.29 is 14.3 Å². The zero-order valence-corrected chi connectivity index (χ0v) is 21.5. The number of carbonyl (C=O) groups excluding carboxylic acids is 1. The predicted octanol–water partition coefficient (Wildman–Crippen LogP) is 7.49. The molecule has 0 aromatic heterocycles. The molecule has 0 bridgehead atoms. The summed E-state index contributed by atoms with van der Waals surface area (Å²) >= 11 is 0. The Kier molecular flexibility index (Phi) is 5.84. The maximum absolute atomic E-state index is 13.3. The topological polar surface area (TPSA) is 51.1 Å². The Morgan fingerprint density at radius 2 is 1.63 bits per heavy atom. The van der Waals surface area contributed by atoms with Crippen molar-refractivity contribution in [1.82, 2.24) is 0 Å². The van der Waals surface area contributed by atoms with Gasteiger partial charge in [0, 0.05) is 42.2 Å². The van der Waals surface area contributed by atoms with E-state index in [-0.39, 0.29) is 5.97 Å². The molecule has 38 heavy (non-hydrogen) atoms. The molecule has 0 N–H and O–H groups in total. The highest BCUT2D eigenvalue weighted by molar-refractivity contribution is 5.98. The fourth-order valence-electron chi connectivity index (χ4n) is 5.55. The van der Waals surface area contributed by atoms with Crippen molar-refractivity contribution in [1.29, 1.82) is 0 Å². The number of hydrogen-bond acceptors (Lipinski definition) is 5. The number of ether oxygens (including phenoxy) is 2. The fourth-order valence-corrected chi connectivity index (χ4v) is 5.55. The average Bonchev–Trinajstić information content (AvgIpc) is 3.25. The van der Waals surface area contributed by atoms with Gasteiger partial charge in [0.2, 0.25) is 0 Å². The molecule has 4 aromatic rings. The Balaban J connectivity index is 1.60. The third kappa shape index (κ3) is 3.54. The van der Waals surface area contributed by atoms with Crippen LogP contribution in [0.5, 0.6) is 11.5 Å². The number of aliphatic imine (C=N–C) groups is 1. The number of anilines is 1. The number of benzene rings is 4. The molecule has 6 rings (SSSR count). The summed E-state index contributed by atoms with van der Waals surface area (Å²) < 4.78 is 12.9. The van der Waals surface area contributed by atoms with Gasteiger partial charge in [-0.1, -0.05) is 61.2 Å². The maximum Gasteiger partial charge on any atom is 0.340 e. The van der Waals surface area contributed by atoms with Crippen LogP contribution >= 0.6 is 0 Å². The summed E-state index contributed by atoms with van der Waals surface area (Å²) in [6.45, 7) is 9.93. The molecule has 2 aliphatic rings. The Morgan fingerprint density at radius 3 is 2.42 bits per heavy atom. The summed E-state index contributed by atoms with van der Waals surface area (Å²) in [5, 5.41) is 0. The van der Waals surface area contributed by atoms with E-state index in [2.05, 4.69) is 31.4 Å². The lowest BCUT2D eigenvalue weighted by Gasteiger charge is -2.37. The zero-order chi connectivity index (χ0) is 26.3. The quantitative estimate of drug-likeness (QED) is 0.203. The molecular formula is C33H28N2O3. The number of hydrogen-bond donors (Lipinski definition) is 0. The van der Waals surface area contributed by atoms with E-state index in [1.165, 1.54) is 0 Å². The van der Waals surface area contributed by atoms with Gasteiger partial charge in [0.15, 0.2) is 5.60 Å². The Labute approximate surface area is 222 Å². The van der Waals surface area contributed by atoms with E-state index < -0.39 is 5.60 Å². The van der Waals surface area contributed by atoms with Crippen molar-refractivity contribution in [3.05, 3.63) is 125 Å². The molecule has 4 aromatic carbocycles. The van der Waals surface area contributed by atoms with E-state index in [1.54, 1.807) is 0 Å². The number of fused-ring (bicyclic) bond motifs is 6. The summed E-state index contributed by atoms with van der Waals surface area (Å²) in [6, 6.07) is 27.4. The Bertz CT molecular complexity index is 1600. The van der Waals surface area contributed by atoms with E-state index in [1.807, 2.05) is 91.2 Å². The van der Waals surface area contributed by atoms with Gasteiger partial charge in [-0.25, -0.2) is 4.79 Å². The van der Waals surface area contributed by atoms with Gasteiger partial charge in [-0.3, -0.25) is 4.99 Å². The molecule has 5 heteroatoms. The van der Waals surface area contributed by atoms with Gasteiger partial charge in [-0.05, 0) is 55.3 Å². The molecule has 1 unspecified atom stereocenters. The highest BCUT2D eigenvalue weighted by Gasteiger charge is 2.54. The van der Waals surface area contributed by atoms with Crippen LogP contribution < -0.4 is 9.64 Å². The van der Waals surface area contributed by atoms with Crippen LogP contribution in [-0.2, 0) is 10.3 Å². The van der Waals surface area contributed by atoms with Crippen molar-refractivity contribution in [2.75, 3.05) is 18.0 Å². The van der Waals surface area contributed by atoms with Crippen LogP contribution in [0, 0.1) is 0 Å². The standard InChI is InChI=1S/C33H28N2O3/c1-4-22-12-7-8-13-23(22)21-34-28-16-11-17-29-31(28)33(26-15-10-9-14-25(26)32(36)38-33)27-19-18-24(20-30(27)37-29)35(5-2)6-3/h4,7-21H,1,5-6H2,2-3H3. The highest BCUT2D eigenvalue weighted by Crippen LogP contribution is 2.58. The number of nitrogens with zero attached hydrogens (tertiary/aromatic N) is 2. The molecule has 0 radical (unpaired) electrons. The van der Waals surface area contributed by atoms with E-state index in [9.17, 15) is 4.79 Å². The molecule has 188 valence electrons. The van der Waals surface area contributed by atoms with E-state index in [0.717, 1.165) is 41.0 Å². The second-order valence-electron chi connectivity index (χ2n) is 9.31. The van der Waals surface area contributed by atoms with Gasteiger partial charge in [-0.2, -0.15) is 0 Å². The second kappa shape index (κ2) is 9.34. The maximum atomic E-state index is 13.3. The van der Waals surface area contributed by atoms with E-state index >= 15 is 0 Å². The number of rotatable bonds is 6. The van der Waals surface area contributed by atoms with E-state index in [4.69, 9.17) is 14.5 Å². The summed E-state index contributed by atoms with van der Waals surface area (Å²) in [4.78, 5) is 20.5. The largest absolute Gasteiger partial charge is 0.456 e. The van der Waals surface area contributed by atoms with Gasteiger partial charge in [-0.15, -0.1) is 0 Å². The minimum absolute atomic E-state index is 0.358. The summed E-state index contributed by atoms with van der Waals surface area (Å²) in [6.07, 6.45) is 3.63.